The fraction of sp³-hybridized carbons (Fsp3) is 0.286. The van der Waals surface area contributed by atoms with Crippen molar-refractivity contribution in [3.05, 3.63) is 95.6 Å². The highest BCUT2D eigenvalue weighted by Gasteiger charge is 2.15. The molecule has 1 atom stereocenters. The number of hydrogen-bond donors (Lipinski definition) is 2. The summed E-state index contributed by atoms with van der Waals surface area (Å²) >= 11 is 0. The topological polar surface area (TPSA) is 58.2 Å². The molecule has 0 saturated heterocycles. The van der Waals surface area contributed by atoms with Gasteiger partial charge >= 0.3 is 0 Å². The highest BCUT2D eigenvalue weighted by molar-refractivity contribution is 5.96. The maximum Gasteiger partial charge on any atom is 0.231 e. The van der Waals surface area contributed by atoms with E-state index in [1.165, 1.54) is 5.56 Å². The van der Waals surface area contributed by atoms with E-state index in [1.807, 2.05) is 61.5 Å². The first-order valence-corrected chi connectivity index (χ1v) is 11.2. The van der Waals surface area contributed by atoms with Crippen LogP contribution < -0.4 is 10.6 Å². The van der Waals surface area contributed by atoms with Gasteiger partial charge in [-0.25, -0.2) is 0 Å². The van der Waals surface area contributed by atoms with Gasteiger partial charge < -0.3 is 10.6 Å². The van der Waals surface area contributed by atoms with Crippen molar-refractivity contribution in [3.63, 3.8) is 0 Å². The summed E-state index contributed by atoms with van der Waals surface area (Å²) in [5, 5.41) is 5.87. The van der Waals surface area contributed by atoms with Gasteiger partial charge in [0, 0.05) is 17.8 Å². The highest BCUT2D eigenvalue weighted by atomic mass is 16.2. The monoisotopic (exact) mass is 428 g/mol. The lowest BCUT2D eigenvalue weighted by molar-refractivity contribution is -0.117. The Balaban J connectivity index is 1.49. The van der Waals surface area contributed by atoms with E-state index in [1.54, 1.807) is 12.1 Å². The fourth-order valence-electron chi connectivity index (χ4n) is 3.58. The van der Waals surface area contributed by atoms with Crippen molar-refractivity contribution in [3.8, 4) is 0 Å². The molecule has 4 nitrogen and oxygen atoms in total. The fourth-order valence-corrected chi connectivity index (χ4v) is 3.58. The summed E-state index contributed by atoms with van der Waals surface area (Å²) in [5.74, 6) is 0.278. The molecule has 166 valence electrons. The minimum Gasteiger partial charge on any atom is -0.326 e. The molecule has 32 heavy (non-hydrogen) atoms. The number of nitrogens with one attached hydrogen (secondary N) is 2. The molecule has 0 spiro atoms. The second kappa shape index (κ2) is 11.3. The van der Waals surface area contributed by atoms with Crippen LogP contribution in [0, 0.1) is 5.92 Å². The van der Waals surface area contributed by atoms with Crippen molar-refractivity contribution in [1.29, 1.82) is 0 Å². The molecular weight excluding hydrogens is 396 g/mol. The van der Waals surface area contributed by atoms with E-state index in [-0.39, 0.29) is 17.7 Å². The molecule has 0 aliphatic carbocycles. The van der Waals surface area contributed by atoms with Crippen LogP contribution in [-0.2, 0) is 22.4 Å². The molecule has 0 saturated carbocycles. The van der Waals surface area contributed by atoms with Crippen LogP contribution in [0.1, 0.15) is 49.8 Å². The molecule has 0 aliphatic rings. The maximum atomic E-state index is 12.7. The second-order valence-corrected chi connectivity index (χ2v) is 8.66. The standard InChI is InChI=1S/C28H32N2O2/c1-20(2)19-23-9-12-24(13-10-23)21(3)28(32)30-26-16-14-25(15-17-26)29-27(31)18-11-22-7-5-4-6-8-22/h4-10,12-17,20-21H,11,18-19H2,1-3H3,(H,29,31)(H,30,32). The zero-order chi connectivity index (χ0) is 22.9. The molecule has 0 heterocycles. The molecule has 2 N–H and O–H groups in total. The van der Waals surface area contributed by atoms with Crippen LogP contribution in [0.25, 0.3) is 0 Å². The van der Waals surface area contributed by atoms with E-state index in [0.29, 0.717) is 24.4 Å². The molecular formula is C28H32N2O2. The van der Waals surface area contributed by atoms with Gasteiger partial charge in [0.1, 0.15) is 0 Å². The van der Waals surface area contributed by atoms with E-state index in [2.05, 4.69) is 36.6 Å². The summed E-state index contributed by atoms with van der Waals surface area (Å²) in [4.78, 5) is 24.9. The van der Waals surface area contributed by atoms with Crippen molar-refractivity contribution >= 4 is 23.2 Å². The summed E-state index contributed by atoms with van der Waals surface area (Å²) in [6.45, 7) is 6.31. The Kier molecular flexibility index (Phi) is 8.20. The minimum atomic E-state index is -0.250. The van der Waals surface area contributed by atoms with Crippen molar-refractivity contribution in [1.82, 2.24) is 0 Å². The van der Waals surface area contributed by atoms with Crippen molar-refractivity contribution in [2.45, 2.75) is 46.0 Å². The van der Waals surface area contributed by atoms with Gasteiger partial charge in [0.05, 0.1) is 5.92 Å². The number of rotatable bonds is 9. The average Bonchev–Trinajstić information content (AvgIpc) is 2.79. The van der Waals surface area contributed by atoms with E-state index < -0.39 is 0 Å². The number of amides is 2. The Hall–Kier alpha value is -3.40. The maximum absolute atomic E-state index is 12.7. The van der Waals surface area contributed by atoms with Gasteiger partial charge in [-0.2, -0.15) is 0 Å². The first-order chi connectivity index (χ1) is 15.4. The van der Waals surface area contributed by atoms with Crippen LogP contribution in [0.3, 0.4) is 0 Å². The predicted octanol–water partition coefficient (Wildman–Crippen LogP) is 6.20. The molecule has 3 aromatic carbocycles. The Bertz CT molecular complexity index is 1010. The van der Waals surface area contributed by atoms with Crippen molar-refractivity contribution in [2.75, 3.05) is 10.6 Å². The molecule has 0 bridgehead atoms. The van der Waals surface area contributed by atoms with Gasteiger partial charge in [0.15, 0.2) is 0 Å². The van der Waals surface area contributed by atoms with E-state index in [0.717, 1.165) is 23.2 Å². The van der Waals surface area contributed by atoms with Crippen LogP contribution in [0.15, 0.2) is 78.9 Å². The van der Waals surface area contributed by atoms with Crippen molar-refractivity contribution in [2.24, 2.45) is 5.92 Å². The number of carbonyl (C=O) groups is 2. The van der Waals surface area contributed by atoms with Gasteiger partial charge in [-0.1, -0.05) is 68.4 Å². The third-order valence-corrected chi connectivity index (χ3v) is 5.44. The lowest BCUT2D eigenvalue weighted by atomic mass is 9.96. The van der Waals surface area contributed by atoms with Gasteiger partial charge in [0.2, 0.25) is 11.8 Å². The molecule has 4 heteroatoms. The zero-order valence-electron chi connectivity index (χ0n) is 19.1. The van der Waals surface area contributed by atoms with Crippen LogP contribution >= 0.6 is 0 Å². The Morgan fingerprint density at radius 2 is 1.31 bits per heavy atom. The molecule has 0 aliphatic heterocycles. The number of benzene rings is 3. The van der Waals surface area contributed by atoms with Crippen LogP contribution in [0.4, 0.5) is 11.4 Å². The van der Waals surface area contributed by atoms with Crippen molar-refractivity contribution < 1.29 is 9.59 Å². The Morgan fingerprint density at radius 3 is 1.91 bits per heavy atom. The van der Waals surface area contributed by atoms with Crippen LogP contribution in [0.5, 0.6) is 0 Å². The summed E-state index contributed by atoms with van der Waals surface area (Å²) in [6, 6.07) is 25.5. The second-order valence-electron chi connectivity index (χ2n) is 8.66. The lowest BCUT2D eigenvalue weighted by Crippen LogP contribution is -2.19. The molecule has 2 amide bonds. The summed E-state index contributed by atoms with van der Waals surface area (Å²) in [5.41, 5.74) is 4.86. The summed E-state index contributed by atoms with van der Waals surface area (Å²) < 4.78 is 0. The summed E-state index contributed by atoms with van der Waals surface area (Å²) in [7, 11) is 0. The van der Waals surface area contributed by atoms with E-state index in [4.69, 9.17) is 0 Å². The lowest BCUT2D eigenvalue weighted by Gasteiger charge is -2.14. The largest absolute Gasteiger partial charge is 0.326 e. The number of hydrogen-bond acceptors (Lipinski definition) is 2. The van der Waals surface area contributed by atoms with Gasteiger partial charge in [-0.05, 0) is 66.6 Å². The highest BCUT2D eigenvalue weighted by Crippen LogP contribution is 2.21. The predicted molar refractivity (Wildman–Crippen MR) is 132 cm³/mol. The van der Waals surface area contributed by atoms with Crippen LogP contribution in [0.2, 0.25) is 0 Å². The average molecular weight is 429 g/mol. The first-order valence-electron chi connectivity index (χ1n) is 11.2. The Labute approximate surface area is 191 Å². The number of anilines is 2. The molecule has 0 radical (unpaired) electrons. The van der Waals surface area contributed by atoms with Crippen LogP contribution in [-0.4, -0.2) is 11.8 Å². The molecule has 3 aromatic rings. The third-order valence-electron chi connectivity index (χ3n) is 5.44. The van der Waals surface area contributed by atoms with E-state index >= 15 is 0 Å². The van der Waals surface area contributed by atoms with Gasteiger partial charge in [-0.15, -0.1) is 0 Å². The minimum absolute atomic E-state index is 0.0276. The molecule has 0 aromatic heterocycles. The number of aryl methyl sites for hydroxylation is 1. The molecule has 1 unspecified atom stereocenters. The molecule has 0 fully saturated rings. The summed E-state index contributed by atoms with van der Waals surface area (Å²) in [6.07, 6.45) is 2.17. The van der Waals surface area contributed by atoms with Gasteiger partial charge in [0.25, 0.3) is 0 Å². The van der Waals surface area contributed by atoms with E-state index in [9.17, 15) is 9.59 Å². The third kappa shape index (κ3) is 7.09. The first kappa shape index (κ1) is 23.3. The van der Waals surface area contributed by atoms with Gasteiger partial charge in [-0.3, -0.25) is 9.59 Å². The SMILES string of the molecule is CC(C)Cc1ccc(C(C)C(=O)Nc2ccc(NC(=O)CCc3ccccc3)cc2)cc1. The smallest absolute Gasteiger partial charge is 0.231 e. The zero-order valence-corrected chi connectivity index (χ0v) is 19.1. The Morgan fingerprint density at radius 1 is 0.719 bits per heavy atom. The quantitative estimate of drug-likeness (QED) is 0.426. The number of carbonyl (C=O) groups excluding carboxylic acids is 2. The normalized spacial score (nSPS) is 11.8. The molecule has 3 rings (SSSR count).